The molecule has 2 aromatic carbocycles. The molecule has 1 unspecified atom stereocenters. The summed E-state index contributed by atoms with van der Waals surface area (Å²) in [7, 11) is 3.33. The largest absolute Gasteiger partial charge is 0.494 e. The minimum absolute atomic E-state index is 0.222. The third-order valence-corrected chi connectivity index (χ3v) is 12.3. The summed E-state index contributed by atoms with van der Waals surface area (Å²) in [4.78, 5) is 59.8. The number of likely N-dealkylation sites (tertiary alicyclic amines) is 2. The van der Waals surface area contributed by atoms with Gasteiger partial charge >= 0.3 is 5.69 Å². The number of nitrogens with zero attached hydrogens (tertiary/aromatic N) is 8. The Balaban J connectivity index is 0.770. The Labute approximate surface area is 322 Å². The summed E-state index contributed by atoms with van der Waals surface area (Å²) in [5.74, 6) is 0.0906. The van der Waals surface area contributed by atoms with Gasteiger partial charge in [0.2, 0.25) is 11.8 Å². The molecule has 0 bridgehead atoms. The van der Waals surface area contributed by atoms with Gasteiger partial charge in [0.05, 0.1) is 46.5 Å². The molecule has 1 spiro atoms. The maximum atomic E-state index is 13.3. The number of amides is 3. The van der Waals surface area contributed by atoms with E-state index in [0.29, 0.717) is 46.4 Å². The second-order valence-electron chi connectivity index (χ2n) is 16.2. The molecule has 2 N–H and O–H groups in total. The highest BCUT2D eigenvalue weighted by molar-refractivity contribution is 6.06. The fraction of sp³-hybridized carbons (Fsp3) is 0.439. The van der Waals surface area contributed by atoms with Crippen molar-refractivity contribution in [1.82, 2.24) is 39.0 Å². The van der Waals surface area contributed by atoms with Crippen LogP contribution in [0.4, 0.5) is 5.69 Å². The van der Waals surface area contributed by atoms with E-state index in [1.54, 1.807) is 23.3 Å². The van der Waals surface area contributed by atoms with Crippen LogP contribution >= 0.6 is 0 Å². The highest BCUT2D eigenvalue weighted by Gasteiger charge is 2.51. The molecule has 5 aromatic rings. The number of aryl methyl sites for hydroxylation is 1. The van der Waals surface area contributed by atoms with Gasteiger partial charge in [-0.3, -0.25) is 43.4 Å². The van der Waals surface area contributed by atoms with Crippen molar-refractivity contribution in [2.45, 2.75) is 57.2 Å². The average molecular weight is 757 g/mol. The fourth-order valence-electron chi connectivity index (χ4n) is 9.67. The summed E-state index contributed by atoms with van der Waals surface area (Å²) in [6.45, 7) is 6.16. The summed E-state index contributed by atoms with van der Waals surface area (Å²) in [5.41, 5.74) is 4.71. The van der Waals surface area contributed by atoms with Crippen LogP contribution in [0.25, 0.3) is 21.9 Å². The predicted octanol–water partition coefficient (Wildman–Crippen LogP) is 3.74. The minimum Gasteiger partial charge on any atom is -0.494 e. The maximum absolute atomic E-state index is 13.3. The molecule has 1 saturated carbocycles. The number of nitriles is 1. The molecule has 1 aliphatic carbocycles. The van der Waals surface area contributed by atoms with Gasteiger partial charge in [-0.15, -0.1) is 0 Å². The van der Waals surface area contributed by atoms with Crippen molar-refractivity contribution in [3.8, 4) is 11.8 Å². The molecule has 0 radical (unpaired) electrons. The third kappa shape index (κ3) is 6.42. The zero-order chi connectivity index (χ0) is 38.7. The average Bonchev–Trinajstić information content (AvgIpc) is 3.70. The second-order valence-corrected chi connectivity index (χ2v) is 16.2. The van der Waals surface area contributed by atoms with Gasteiger partial charge in [0.15, 0.2) is 0 Å². The molecule has 15 nitrogen and oxygen atoms in total. The van der Waals surface area contributed by atoms with Crippen LogP contribution in [-0.2, 0) is 23.2 Å². The van der Waals surface area contributed by atoms with Crippen LogP contribution < -0.4 is 21.1 Å². The molecule has 6 heterocycles. The third-order valence-electron chi connectivity index (χ3n) is 12.3. The number of piperidine rings is 1. The molecule has 4 fully saturated rings. The summed E-state index contributed by atoms with van der Waals surface area (Å²) in [5, 5.41) is 20.3. The monoisotopic (exact) mass is 756 g/mol. The Hall–Kier alpha value is -5.85. The minimum atomic E-state index is -0.686. The summed E-state index contributed by atoms with van der Waals surface area (Å²) >= 11 is 0. The molecule has 56 heavy (non-hydrogen) atoms. The number of hydrogen-bond donors (Lipinski definition) is 2. The number of benzene rings is 2. The number of imide groups is 1. The first kappa shape index (κ1) is 35.8. The van der Waals surface area contributed by atoms with E-state index in [0.717, 1.165) is 92.5 Å². The Bertz CT molecular complexity index is 2490. The van der Waals surface area contributed by atoms with Gasteiger partial charge in [0, 0.05) is 88.2 Å². The lowest BCUT2D eigenvalue weighted by Crippen LogP contribution is -2.72. The number of fused-ring (bicyclic) bond motifs is 2. The van der Waals surface area contributed by atoms with E-state index in [4.69, 9.17) is 9.84 Å². The first-order valence-electron chi connectivity index (χ1n) is 19.3. The van der Waals surface area contributed by atoms with Crippen LogP contribution in [-0.4, -0.2) is 91.3 Å². The molecular formula is C41H44N10O5. The van der Waals surface area contributed by atoms with Crippen molar-refractivity contribution in [3.05, 3.63) is 82.2 Å². The molecule has 3 amide bonds. The maximum Gasteiger partial charge on any atom is 0.329 e. The van der Waals surface area contributed by atoms with Crippen LogP contribution in [0.5, 0.6) is 5.75 Å². The molecule has 1 atom stereocenters. The zero-order valence-corrected chi connectivity index (χ0v) is 31.5. The van der Waals surface area contributed by atoms with E-state index in [2.05, 4.69) is 42.4 Å². The standard InChI is InChI=1S/C41H44N10O5/c1-47-37-27(4-3-5-33(37)51(40(47)55)34-10-11-36(52)45-39(34)54)19-49-23-41(24-49)21-48(22-41)18-25-6-8-30(9-7-25)50-20-29-13-32(35(56-2)14-31(29)46-50)44-38(53)28-12-26(15-42)16-43-17-28/h3-5,12-14,16-17,20,25,30,34H,6-11,18-19,21-24H2,1-2H3,(H,44,53)(H,45,52,54). The lowest BCUT2D eigenvalue weighted by Gasteiger charge is -2.61. The predicted molar refractivity (Wildman–Crippen MR) is 207 cm³/mol. The summed E-state index contributed by atoms with van der Waals surface area (Å²) in [6, 6.07) is 12.8. The number of nitrogens with one attached hydrogen (secondary N) is 2. The number of methoxy groups -OCH3 is 1. The van der Waals surface area contributed by atoms with Crippen molar-refractivity contribution in [2.24, 2.45) is 18.4 Å². The normalized spacial score (nSPS) is 22.4. The van der Waals surface area contributed by atoms with Gasteiger partial charge < -0.3 is 15.0 Å². The van der Waals surface area contributed by atoms with Crippen LogP contribution in [0, 0.1) is 22.7 Å². The number of carbonyl (C=O) groups is 3. The number of imidazole rings is 1. The van der Waals surface area contributed by atoms with E-state index >= 15 is 0 Å². The van der Waals surface area contributed by atoms with Gasteiger partial charge in [-0.1, -0.05) is 12.1 Å². The number of aromatic nitrogens is 5. The smallest absolute Gasteiger partial charge is 0.329 e. The fourth-order valence-corrected chi connectivity index (χ4v) is 9.67. The van der Waals surface area contributed by atoms with E-state index in [1.165, 1.54) is 18.5 Å². The summed E-state index contributed by atoms with van der Waals surface area (Å²) < 4.78 is 10.9. The lowest BCUT2D eigenvalue weighted by molar-refractivity contribution is -0.135. The van der Waals surface area contributed by atoms with Crippen molar-refractivity contribution in [2.75, 3.05) is 45.2 Å². The Morgan fingerprint density at radius 3 is 2.57 bits per heavy atom. The Morgan fingerprint density at radius 1 is 1.04 bits per heavy atom. The Kier molecular flexibility index (Phi) is 8.97. The van der Waals surface area contributed by atoms with Gasteiger partial charge in [0.1, 0.15) is 17.9 Å². The molecule has 3 saturated heterocycles. The van der Waals surface area contributed by atoms with E-state index in [1.807, 2.05) is 30.3 Å². The molecule has 288 valence electrons. The highest BCUT2D eigenvalue weighted by atomic mass is 16.5. The topological polar surface area (TPSA) is 172 Å². The van der Waals surface area contributed by atoms with Gasteiger partial charge in [-0.2, -0.15) is 10.4 Å². The molecule has 15 heteroatoms. The number of ether oxygens (including phenoxy) is 1. The van der Waals surface area contributed by atoms with E-state index < -0.39 is 11.9 Å². The van der Waals surface area contributed by atoms with Gasteiger partial charge in [-0.05, 0) is 61.8 Å². The van der Waals surface area contributed by atoms with Crippen molar-refractivity contribution >= 4 is 45.3 Å². The molecule has 3 aromatic heterocycles. The molecule has 4 aliphatic rings. The van der Waals surface area contributed by atoms with Crippen LogP contribution in [0.1, 0.15) is 72.1 Å². The number of carbonyl (C=O) groups excluding carboxylic acids is 3. The highest BCUT2D eigenvalue weighted by Crippen LogP contribution is 2.43. The number of rotatable bonds is 9. The number of pyridine rings is 1. The second kappa shape index (κ2) is 14.0. The van der Waals surface area contributed by atoms with Gasteiger partial charge in [-0.25, -0.2) is 4.79 Å². The SMILES string of the molecule is COc1cc2nn(C3CCC(CN4CC5(CN(Cc6cccc7c6n(C)c(=O)n7C6CCC(=O)NC6=O)C5)C4)CC3)cc2cc1NC(=O)c1cncc(C#N)c1. The van der Waals surface area contributed by atoms with Crippen molar-refractivity contribution in [3.63, 3.8) is 0 Å². The van der Waals surface area contributed by atoms with Crippen LogP contribution in [0.3, 0.4) is 0 Å². The summed E-state index contributed by atoms with van der Waals surface area (Å²) in [6.07, 6.45) is 9.88. The van der Waals surface area contributed by atoms with E-state index in [9.17, 15) is 24.4 Å². The number of anilines is 1. The zero-order valence-electron chi connectivity index (χ0n) is 31.5. The first-order valence-corrected chi connectivity index (χ1v) is 19.3. The van der Waals surface area contributed by atoms with Gasteiger partial charge in [0.25, 0.3) is 5.91 Å². The number of para-hydroxylation sites is 1. The molecular weight excluding hydrogens is 713 g/mol. The lowest BCUT2D eigenvalue weighted by atomic mass is 9.72. The molecule has 9 rings (SSSR count). The van der Waals surface area contributed by atoms with Crippen molar-refractivity contribution < 1.29 is 19.1 Å². The van der Waals surface area contributed by atoms with Crippen molar-refractivity contribution in [1.29, 1.82) is 5.26 Å². The molecule has 3 aliphatic heterocycles. The quantitative estimate of drug-likeness (QED) is 0.211. The van der Waals surface area contributed by atoms with Crippen LogP contribution in [0.15, 0.2) is 59.8 Å². The first-order chi connectivity index (χ1) is 27.1. The Morgan fingerprint density at radius 2 is 1.82 bits per heavy atom. The van der Waals surface area contributed by atoms with E-state index in [-0.39, 0.29) is 23.9 Å². The number of hydrogen-bond acceptors (Lipinski definition) is 10. The van der Waals surface area contributed by atoms with Crippen LogP contribution in [0.2, 0.25) is 0 Å².